The molecule has 0 aliphatic carbocycles. The van der Waals surface area contributed by atoms with E-state index in [9.17, 15) is 9.59 Å². The van der Waals surface area contributed by atoms with E-state index >= 15 is 0 Å². The molecule has 0 bridgehead atoms. The molecule has 1 rings (SSSR count). The van der Waals surface area contributed by atoms with Gasteiger partial charge in [0.05, 0.1) is 0 Å². The third kappa shape index (κ3) is 4.12. The molecule has 0 radical (unpaired) electrons. The maximum absolute atomic E-state index is 12.2. The molecule has 108 valence electrons. The molecule has 2 N–H and O–H groups in total. The van der Waals surface area contributed by atoms with Crippen LogP contribution in [-0.2, 0) is 4.79 Å². The van der Waals surface area contributed by atoms with E-state index in [-0.39, 0.29) is 6.42 Å². The molecule has 2 amide bonds. The Morgan fingerprint density at radius 1 is 1.40 bits per heavy atom. The molecule has 0 spiro atoms. The molecule has 0 saturated carbocycles. The first kappa shape index (κ1) is 15.8. The maximum Gasteiger partial charge on any atom is 0.326 e. The van der Waals surface area contributed by atoms with Crippen molar-refractivity contribution in [2.24, 2.45) is 0 Å². The summed E-state index contributed by atoms with van der Waals surface area (Å²) in [6, 6.07) is 6.10. The third-order valence-electron chi connectivity index (χ3n) is 2.91. The number of aliphatic carboxylic acids is 1. The molecule has 1 atom stereocenters. The van der Waals surface area contributed by atoms with Gasteiger partial charge in [0.2, 0.25) is 0 Å². The van der Waals surface area contributed by atoms with Crippen molar-refractivity contribution < 1.29 is 14.7 Å². The summed E-state index contributed by atoms with van der Waals surface area (Å²) in [5, 5.41) is 11.5. The lowest BCUT2D eigenvalue weighted by Crippen LogP contribution is -2.48. The van der Waals surface area contributed by atoms with E-state index < -0.39 is 18.0 Å². The molecule has 0 aliphatic heterocycles. The Bertz CT molecular complexity index is 482. The van der Waals surface area contributed by atoms with E-state index in [1.54, 1.807) is 0 Å². The number of rotatable bonds is 6. The van der Waals surface area contributed by atoms with Crippen LogP contribution < -0.4 is 10.2 Å². The van der Waals surface area contributed by atoms with Crippen LogP contribution in [0.15, 0.2) is 36.9 Å². The second-order valence-electron chi connectivity index (χ2n) is 4.44. The highest BCUT2D eigenvalue weighted by Crippen LogP contribution is 2.15. The Morgan fingerprint density at radius 3 is 2.45 bits per heavy atom. The summed E-state index contributed by atoms with van der Waals surface area (Å²) in [7, 11) is 0. The summed E-state index contributed by atoms with van der Waals surface area (Å²) in [4.78, 5) is 24.7. The van der Waals surface area contributed by atoms with Crippen molar-refractivity contribution in [3.63, 3.8) is 0 Å². The zero-order valence-electron chi connectivity index (χ0n) is 11.8. The average Bonchev–Trinajstić information content (AvgIpc) is 2.41. The standard InChI is InChI=1S/C15H20N2O3/c1-4-6-13(14(18)19)16-15(20)17(5-2)12-9-7-11(3)8-10-12/h4,7-10,13H,1,5-6H2,2-3H3,(H,16,20)(H,18,19). The molecule has 1 unspecified atom stereocenters. The van der Waals surface area contributed by atoms with E-state index in [2.05, 4.69) is 11.9 Å². The van der Waals surface area contributed by atoms with E-state index in [0.717, 1.165) is 11.3 Å². The monoisotopic (exact) mass is 276 g/mol. The molecule has 5 heteroatoms. The lowest BCUT2D eigenvalue weighted by Gasteiger charge is -2.23. The van der Waals surface area contributed by atoms with Gasteiger partial charge >= 0.3 is 12.0 Å². The molecular weight excluding hydrogens is 256 g/mol. The van der Waals surface area contributed by atoms with Gasteiger partial charge in [-0.15, -0.1) is 6.58 Å². The van der Waals surface area contributed by atoms with E-state index in [4.69, 9.17) is 5.11 Å². The largest absolute Gasteiger partial charge is 0.480 e. The minimum atomic E-state index is -1.07. The predicted octanol–water partition coefficient (Wildman–Crippen LogP) is 2.56. The summed E-state index contributed by atoms with van der Waals surface area (Å²) < 4.78 is 0. The molecule has 0 heterocycles. The van der Waals surface area contributed by atoms with Crippen LogP contribution in [-0.4, -0.2) is 29.7 Å². The number of amides is 2. The van der Waals surface area contributed by atoms with Gasteiger partial charge < -0.3 is 10.4 Å². The fourth-order valence-corrected chi connectivity index (χ4v) is 1.78. The van der Waals surface area contributed by atoms with Gasteiger partial charge in [-0.3, -0.25) is 4.90 Å². The predicted molar refractivity (Wildman–Crippen MR) is 79.0 cm³/mol. The highest BCUT2D eigenvalue weighted by Gasteiger charge is 2.22. The normalized spacial score (nSPS) is 11.5. The van der Waals surface area contributed by atoms with Crippen molar-refractivity contribution in [1.82, 2.24) is 5.32 Å². The van der Waals surface area contributed by atoms with Crippen LogP contribution in [0, 0.1) is 6.92 Å². The number of anilines is 1. The number of nitrogens with zero attached hydrogens (tertiary/aromatic N) is 1. The number of carboxylic acids is 1. The summed E-state index contributed by atoms with van der Waals surface area (Å²) in [5.41, 5.74) is 1.83. The molecule has 20 heavy (non-hydrogen) atoms. The first-order chi connectivity index (χ1) is 9.49. The zero-order chi connectivity index (χ0) is 15.1. The van der Waals surface area contributed by atoms with Crippen LogP contribution in [0.25, 0.3) is 0 Å². The SMILES string of the molecule is C=CCC(NC(=O)N(CC)c1ccc(C)cc1)C(=O)O. The lowest BCUT2D eigenvalue weighted by atomic mass is 10.2. The van der Waals surface area contributed by atoms with Gasteiger partial charge in [0.25, 0.3) is 0 Å². The van der Waals surface area contributed by atoms with E-state index in [0.29, 0.717) is 6.54 Å². The molecule has 0 aromatic heterocycles. The summed E-state index contributed by atoms with van der Waals surface area (Å²) >= 11 is 0. The van der Waals surface area contributed by atoms with E-state index in [1.165, 1.54) is 11.0 Å². The van der Waals surface area contributed by atoms with Gasteiger partial charge in [0, 0.05) is 12.2 Å². The number of urea groups is 1. The summed E-state index contributed by atoms with van der Waals surface area (Å²) in [5.74, 6) is -1.07. The number of carboxylic acid groups (broad SMARTS) is 1. The van der Waals surface area contributed by atoms with Crippen molar-refractivity contribution in [3.05, 3.63) is 42.5 Å². The van der Waals surface area contributed by atoms with Crippen molar-refractivity contribution in [1.29, 1.82) is 0 Å². The fourth-order valence-electron chi connectivity index (χ4n) is 1.78. The highest BCUT2D eigenvalue weighted by atomic mass is 16.4. The van der Waals surface area contributed by atoms with Crippen LogP contribution in [0.4, 0.5) is 10.5 Å². The number of nitrogens with one attached hydrogen (secondary N) is 1. The second-order valence-corrected chi connectivity index (χ2v) is 4.44. The van der Waals surface area contributed by atoms with Crippen molar-refractivity contribution in [2.75, 3.05) is 11.4 Å². The van der Waals surface area contributed by atoms with Gasteiger partial charge in [0.1, 0.15) is 6.04 Å². The molecule has 1 aromatic rings. The number of hydrogen-bond donors (Lipinski definition) is 2. The van der Waals surface area contributed by atoms with Gasteiger partial charge in [-0.2, -0.15) is 0 Å². The van der Waals surface area contributed by atoms with Crippen molar-refractivity contribution >= 4 is 17.7 Å². The molecule has 5 nitrogen and oxygen atoms in total. The van der Waals surface area contributed by atoms with Crippen LogP contribution in [0.5, 0.6) is 0 Å². The van der Waals surface area contributed by atoms with Gasteiger partial charge in [-0.05, 0) is 32.4 Å². The first-order valence-corrected chi connectivity index (χ1v) is 6.48. The van der Waals surface area contributed by atoms with Crippen molar-refractivity contribution in [3.8, 4) is 0 Å². The zero-order valence-corrected chi connectivity index (χ0v) is 11.8. The fraction of sp³-hybridized carbons (Fsp3) is 0.333. The van der Waals surface area contributed by atoms with E-state index in [1.807, 2.05) is 38.1 Å². The summed E-state index contributed by atoms with van der Waals surface area (Å²) in [6.07, 6.45) is 1.66. The topological polar surface area (TPSA) is 69.6 Å². The minimum absolute atomic E-state index is 0.187. The van der Waals surface area contributed by atoms with Gasteiger partial charge in [-0.25, -0.2) is 9.59 Å². The lowest BCUT2D eigenvalue weighted by molar-refractivity contribution is -0.139. The first-order valence-electron chi connectivity index (χ1n) is 6.48. The quantitative estimate of drug-likeness (QED) is 0.784. The molecule has 0 fully saturated rings. The average molecular weight is 276 g/mol. The maximum atomic E-state index is 12.2. The Kier molecular flexibility index (Phi) is 5.77. The Labute approximate surface area is 118 Å². The number of carbonyl (C=O) groups is 2. The van der Waals surface area contributed by atoms with Crippen LogP contribution in [0.3, 0.4) is 0 Å². The third-order valence-corrected chi connectivity index (χ3v) is 2.91. The number of carbonyl (C=O) groups excluding carboxylic acids is 1. The smallest absolute Gasteiger partial charge is 0.326 e. The minimum Gasteiger partial charge on any atom is -0.480 e. The van der Waals surface area contributed by atoms with Crippen LogP contribution in [0.2, 0.25) is 0 Å². The Balaban J connectivity index is 2.83. The summed E-state index contributed by atoms with van der Waals surface area (Å²) in [6.45, 7) is 7.75. The van der Waals surface area contributed by atoms with Crippen LogP contribution >= 0.6 is 0 Å². The molecule has 0 aliphatic rings. The number of aryl methyl sites for hydroxylation is 1. The molecular formula is C15H20N2O3. The van der Waals surface area contributed by atoms with Crippen molar-refractivity contribution in [2.45, 2.75) is 26.3 Å². The van der Waals surface area contributed by atoms with Gasteiger partial charge in [0.15, 0.2) is 0 Å². The second kappa shape index (κ2) is 7.33. The number of hydrogen-bond acceptors (Lipinski definition) is 2. The Morgan fingerprint density at radius 2 is 2.00 bits per heavy atom. The highest BCUT2D eigenvalue weighted by molar-refractivity contribution is 5.94. The number of benzene rings is 1. The van der Waals surface area contributed by atoms with Gasteiger partial charge in [-0.1, -0.05) is 23.8 Å². The Hall–Kier alpha value is -2.30. The molecule has 0 saturated heterocycles. The molecule has 1 aromatic carbocycles. The van der Waals surface area contributed by atoms with Crippen LogP contribution in [0.1, 0.15) is 18.9 Å².